The summed E-state index contributed by atoms with van der Waals surface area (Å²) in [6.07, 6.45) is 0.303. The second kappa shape index (κ2) is 9.25. The minimum Gasteiger partial charge on any atom is -0.486 e. The lowest BCUT2D eigenvalue weighted by Gasteiger charge is -2.18. The minimum atomic E-state index is -0.176. The van der Waals surface area contributed by atoms with E-state index in [1.807, 2.05) is 17.5 Å². The van der Waals surface area contributed by atoms with Crippen LogP contribution in [0.15, 0.2) is 40.1 Å². The number of fused-ring (bicyclic) bond motifs is 1. The largest absolute Gasteiger partial charge is 0.486 e. The summed E-state index contributed by atoms with van der Waals surface area (Å²) >= 11 is 4.02. The Hall–Kier alpha value is -2.63. The summed E-state index contributed by atoms with van der Waals surface area (Å²) in [7, 11) is 0. The fourth-order valence-electron chi connectivity index (χ4n) is 2.50. The number of rotatable bonds is 7. The summed E-state index contributed by atoms with van der Waals surface area (Å²) in [5, 5.41) is 15.9. The van der Waals surface area contributed by atoms with Gasteiger partial charge in [-0.3, -0.25) is 9.59 Å². The minimum absolute atomic E-state index is 0.142. The van der Waals surface area contributed by atoms with Gasteiger partial charge in [-0.2, -0.15) is 0 Å². The molecule has 1 aliphatic rings. The number of carbonyl (C=O) groups is 2. The molecule has 8 nitrogen and oxygen atoms in total. The van der Waals surface area contributed by atoms with Gasteiger partial charge in [0.2, 0.25) is 16.9 Å². The molecule has 1 aliphatic heterocycles. The Morgan fingerprint density at radius 1 is 1.07 bits per heavy atom. The van der Waals surface area contributed by atoms with Crippen LogP contribution in [-0.2, 0) is 16.0 Å². The van der Waals surface area contributed by atoms with Crippen LogP contribution in [0, 0.1) is 0 Å². The summed E-state index contributed by atoms with van der Waals surface area (Å²) in [4.78, 5) is 25.2. The van der Waals surface area contributed by atoms with E-state index in [4.69, 9.17) is 9.47 Å². The number of hydrogen-bond donors (Lipinski definition) is 2. The zero-order valence-corrected chi connectivity index (χ0v) is 17.5. The Balaban J connectivity index is 1.25. The van der Waals surface area contributed by atoms with Crippen molar-refractivity contribution in [3.8, 4) is 11.5 Å². The van der Waals surface area contributed by atoms with Crippen LogP contribution in [0.3, 0.4) is 0 Å². The molecule has 0 fully saturated rings. The lowest BCUT2D eigenvalue weighted by molar-refractivity contribution is -0.115. The van der Waals surface area contributed by atoms with Gasteiger partial charge in [0.15, 0.2) is 15.8 Å². The smallest absolute Gasteiger partial charge is 0.234 e. The highest BCUT2D eigenvalue weighted by Gasteiger charge is 2.14. The van der Waals surface area contributed by atoms with Crippen LogP contribution in [0.4, 0.5) is 10.8 Å². The van der Waals surface area contributed by atoms with Gasteiger partial charge in [-0.25, -0.2) is 0 Å². The van der Waals surface area contributed by atoms with Crippen molar-refractivity contribution in [1.82, 2.24) is 10.2 Å². The van der Waals surface area contributed by atoms with Gasteiger partial charge in [0.1, 0.15) is 13.2 Å². The summed E-state index contributed by atoms with van der Waals surface area (Å²) in [6, 6.07) is 9.09. The number of nitrogens with one attached hydrogen (secondary N) is 2. The van der Waals surface area contributed by atoms with Crippen molar-refractivity contribution in [1.29, 1.82) is 0 Å². The van der Waals surface area contributed by atoms with E-state index >= 15 is 0 Å². The van der Waals surface area contributed by atoms with Crippen molar-refractivity contribution in [3.05, 3.63) is 40.6 Å². The van der Waals surface area contributed by atoms with Gasteiger partial charge in [0, 0.05) is 16.6 Å². The second-order valence-corrected chi connectivity index (χ2v) is 9.10. The molecule has 0 saturated heterocycles. The monoisotopic (exact) mass is 448 g/mol. The lowest BCUT2D eigenvalue weighted by Crippen LogP contribution is -2.17. The predicted octanol–water partition coefficient (Wildman–Crippen LogP) is 3.28. The van der Waals surface area contributed by atoms with Crippen LogP contribution in [-0.4, -0.2) is 41.0 Å². The molecule has 0 aliphatic carbocycles. The molecule has 2 aromatic heterocycles. The number of thioether (sulfide) groups is 1. The topological polar surface area (TPSA) is 102 Å². The van der Waals surface area contributed by atoms with E-state index in [1.54, 1.807) is 18.2 Å². The third kappa shape index (κ3) is 5.46. The number of carbonyl (C=O) groups excluding carboxylic acids is 2. The first-order valence-electron chi connectivity index (χ1n) is 8.64. The molecule has 4 rings (SSSR count). The van der Waals surface area contributed by atoms with Crippen molar-refractivity contribution in [3.63, 3.8) is 0 Å². The SMILES string of the molecule is O=C(CSc1nnc(NC(=O)Cc2cccs2)s1)Nc1ccc2c(c1)OCCO2. The zero-order chi connectivity index (χ0) is 20.1. The Kier molecular flexibility index (Phi) is 6.27. The fraction of sp³-hybridized carbons (Fsp3) is 0.222. The van der Waals surface area contributed by atoms with Gasteiger partial charge >= 0.3 is 0 Å². The van der Waals surface area contributed by atoms with Crippen LogP contribution in [0.25, 0.3) is 0 Å². The average Bonchev–Trinajstić information content (AvgIpc) is 3.38. The summed E-state index contributed by atoms with van der Waals surface area (Å²) < 4.78 is 11.6. The fourth-order valence-corrected chi connectivity index (χ4v) is 4.77. The molecule has 0 unspecified atom stereocenters. The maximum atomic E-state index is 12.2. The van der Waals surface area contributed by atoms with Crippen LogP contribution in [0.2, 0.25) is 0 Å². The Morgan fingerprint density at radius 3 is 2.76 bits per heavy atom. The van der Waals surface area contributed by atoms with E-state index in [1.165, 1.54) is 34.4 Å². The van der Waals surface area contributed by atoms with E-state index < -0.39 is 0 Å². The van der Waals surface area contributed by atoms with Gasteiger partial charge in [-0.05, 0) is 23.6 Å². The number of nitrogens with zero attached hydrogens (tertiary/aromatic N) is 2. The van der Waals surface area contributed by atoms with E-state index in [9.17, 15) is 9.59 Å². The van der Waals surface area contributed by atoms with Crippen molar-refractivity contribution in [2.75, 3.05) is 29.6 Å². The molecule has 2 amide bonds. The number of benzene rings is 1. The van der Waals surface area contributed by atoms with Crippen LogP contribution >= 0.6 is 34.4 Å². The Labute approximate surface area is 178 Å². The molecule has 0 atom stereocenters. The quantitative estimate of drug-likeness (QED) is 0.422. The van der Waals surface area contributed by atoms with Gasteiger partial charge < -0.3 is 20.1 Å². The van der Waals surface area contributed by atoms with E-state index in [2.05, 4.69) is 20.8 Å². The molecule has 0 saturated carbocycles. The van der Waals surface area contributed by atoms with Crippen LogP contribution in [0.5, 0.6) is 11.5 Å². The molecule has 150 valence electrons. The molecule has 0 spiro atoms. The first-order valence-corrected chi connectivity index (χ1v) is 11.3. The molecule has 1 aromatic carbocycles. The highest BCUT2D eigenvalue weighted by molar-refractivity contribution is 8.01. The number of amides is 2. The number of aromatic nitrogens is 2. The molecule has 2 N–H and O–H groups in total. The van der Waals surface area contributed by atoms with E-state index in [0.717, 1.165) is 4.88 Å². The predicted molar refractivity (Wildman–Crippen MR) is 113 cm³/mol. The Morgan fingerprint density at radius 2 is 1.93 bits per heavy atom. The van der Waals surface area contributed by atoms with Crippen molar-refractivity contribution in [2.24, 2.45) is 0 Å². The summed E-state index contributed by atoms with van der Waals surface area (Å²) in [6.45, 7) is 1.01. The molecule has 29 heavy (non-hydrogen) atoms. The first kappa shape index (κ1) is 19.7. The third-order valence-electron chi connectivity index (χ3n) is 3.72. The number of ether oxygens (including phenoxy) is 2. The standard InChI is InChI=1S/C18H16N4O4S3/c23-15(9-12-2-1-7-27-12)20-17-21-22-18(29-17)28-10-16(24)19-11-3-4-13-14(8-11)26-6-5-25-13/h1-4,7-8H,5-6,9-10H2,(H,19,24)(H,20,21,23). The van der Waals surface area contributed by atoms with E-state index in [0.29, 0.717) is 46.3 Å². The lowest BCUT2D eigenvalue weighted by atomic mass is 10.2. The van der Waals surface area contributed by atoms with E-state index in [-0.39, 0.29) is 17.6 Å². The normalized spacial score (nSPS) is 12.4. The molecule has 0 bridgehead atoms. The number of hydrogen-bond acceptors (Lipinski definition) is 9. The molecular formula is C18H16N4O4S3. The molecule has 0 radical (unpaired) electrons. The van der Waals surface area contributed by atoms with Gasteiger partial charge in [-0.1, -0.05) is 29.2 Å². The van der Waals surface area contributed by atoms with Gasteiger partial charge in [0.05, 0.1) is 12.2 Å². The average molecular weight is 449 g/mol. The third-order valence-corrected chi connectivity index (χ3v) is 6.57. The van der Waals surface area contributed by atoms with Crippen molar-refractivity contribution >= 4 is 57.1 Å². The molecular weight excluding hydrogens is 432 g/mol. The number of thiophene rings is 1. The van der Waals surface area contributed by atoms with Crippen LogP contribution < -0.4 is 20.1 Å². The second-order valence-electron chi connectivity index (χ2n) is 5.87. The summed E-state index contributed by atoms with van der Waals surface area (Å²) in [5.74, 6) is 1.15. The van der Waals surface area contributed by atoms with Crippen molar-refractivity contribution in [2.45, 2.75) is 10.8 Å². The highest BCUT2D eigenvalue weighted by atomic mass is 32.2. The maximum Gasteiger partial charge on any atom is 0.234 e. The molecule has 11 heteroatoms. The zero-order valence-electron chi connectivity index (χ0n) is 15.0. The van der Waals surface area contributed by atoms with Crippen molar-refractivity contribution < 1.29 is 19.1 Å². The summed E-state index contributed by atoms with van der Waals surface area (Å²) in [5.41, 5.74) is 0.638. The van der Waals surface area contributed by atoms with Gasteiger partial charge in [-0.15, -0.1) is 21.5 Å². The molecule has 3 heterocycles. The highest BCUT2D eigenvalue weighted by Crippen LogP contribution is 2.33. The molecule has 3 aromatic rings. The first-order chi connectivity index (χ1) is 14.2. The van der Waals surface area contributed by atoms with Crippen LogP contribution in [0.1, 0.15) is 4.88 Å². The Bertz CT molecular complexity index is 1010. The van der Waals surface area contributed by atoms with Gasteiger partial charge in [0.25, 0.3) is 0 Å². The number of anilines is 2. The maximum absolute atomic E-state index is 12.2.